The lowest BCUT2D eigenvalue weighted by molar-refractivity contribution is 0.584. The van der Waals surface area contributed by atoms with E-state index in [0.29, 0.717) is 6.04 Å². The first kappa shape index (κ1) is 13.9. The number of thioether (sulfide) groups is 1. The van der Waals surface area contributed by atoms with Gasteiger partial charge in [0.1, 0.15) is 5.03 Å². The van der Waals surface area contributed by atoms with E-state index < -0.39 is 0 Å². The third-order valence-corrected chi connectivity index (χ3v) is 4.96. The van der Waals surface area contributed by atoms with E-state index in [1.165, 1.54) is 42.0 Å². The third-order valence-electron chi connectivity index (χ3n) is 3.71. The lowest BCUT2D eigenvalue weighted by atomic mass is 10.1. The molecule has 0 aromatic carbocycles. The fraction of sp³-hybridized carbons (Fsp3) is 0.667. The smallest absolute Gasteiger partial charge is 0.101 e. The lowest BCUT2D eigenvalue weighted by Gasteiger charge is -2.16. The predicted molar refractivity (Wildman–Crippen MR) is 79.0 cm³/mol. The van der Waals surface area contributed by atoms with E-state index in [9.17, 15) is 0 Å². The predicted octanol–water partition coefficient (Wildman–Crippen LogP) is 4.03. The Morgan fingerprint density at radius 1 is 1.44 bits per heavy atom. The first-order chi connectivity index (χ1) is 8.81. The van der Waals surface area contributed by atoms with Crippen molar-refractivity contribution in [2.75, 3.05) is 12.3 Å². The molecule has 1 aromatic heterocycles. The van der Waals surface area contributed by atoms with Gasteiger partial charge in [0.2, 0.25) is 0 Å². The maximum absolute atomic E-state index is 4.57. The number of aromatic nitrogens is 1. The van der Waals surface area contributed by atoms with Gasteiger partial charge in [0.25, 0.3) is 0 Å². The number of hydrogen-bond donors (Lipinski definition) is 1. The zero-order chi connectivity index (χ0) is 12.8. The van der Waals surface area contributed by atoms with Crippen LogP contribution in [0.4, 0.5) is 0 Å². The summed E-state index contributed by atoms with van der Waals surface area (Å²) in [7, 11) is 0. The molecule has 0 saturated heterocycles. The van der Waals surface area contributed by atoms with Gasteiger partial charge in [-0.05, 0) is 38.3 Å². The van der Waals surface area contributed by atoms with Crippen LogP contribution in [0.1, 0.15) is 51.1 Å². The fourth-order valence-electron chi connectivity index (χ4n) is 2.64. The van der Waals surface area contributed by atoms with Crippen molar-refractivity contribution < 1.29 is 0 Å². The molecule has 2 rings (SSSR count). The first-order valence-electron chi connectivity index (χ1n) is 7.12. The Bertz CT molecular complexity index is 361. The number of nitrogens with zero attached hydrogens (tertiary/aromatic N) is 1. The van der Waals surface area contributed by atoms with Gasteiger partial charge in [-0.3, -0.25) is 0 Å². The summed E-state index contributed by atoms with van der Waals surface area (Å²) in [6.07, 6.45) is 7.59. The van der Waals surface area contributed by atoms with E-state index in [0.717, 1.165) is 12.5 Å². The molecule has 18 heavy (non-hydrogen) atoms. The van der Waals surface area contributed by atoms with Gasteiger partial charge in [0, 0.05) is 23.6 Å². The average molecular weight is 264 g/mol. The molecule has 0 spiro atoms. The molecule has 0 aliphatic heterocycles. The van der Waals surface area contributed by atoms with Gasteiger partial charge in [-0.2, -0.15) is 0 Å². The van der Waals surface area contributed by atoms with Crippen molar-refractivity contribution in [3.8, 4) is 0 Å². The molecule has 1 N–H and O–H groups in total. The fourth-order valence-corrected chi connectivity index (χ4v) is 3.92. The minimum Gasteiger partial charge on any atom is -0.310 e. The van der Waals surface area contributed by atoms with Crippen molar-refractivity contribution in [2.45, 2.75) is 50.6 Å². The normalized spacial score (nSPS) is 18.1. The summed E-state index contributed by atoms with van der Waals surface area (Å²) < 4.78 is 0. The molecule has 1 atom stereocenters. The van der Waals surface area contributed by atoms with E-state index in [2.05, 4.69) is 30.2 Å². The molecular formula is C15H24N2S. The van der Waals surface area contributed by atoms with Crippen molar-refractivity contribution in [1.29, 1.82) is 0 Å². The topological polar surface area (TPSA) is 24.9 Å². The zero-order valence-corrected chi connectivity index (χ0v) is 12.3. The molecular weight excluding hydrogens is 240 g/mol. The summed E-state index contributed by atoms with van der Waals surface area (Å²) in [4.78, 5) is 4.57. The molecule has 3 heteroatoms. The highest BCUT2D eigenvalue weighted by molar-refractivity contribution is 7.99. The third kappa shape index (κ3) is 3.72. The van der Waals surface area contributed by atoms with E-state index in [1.54, 1.807) is 0 Å². The van der Waals surface area contributed by atoms with Crippen LogP contribution in [0, 0.1) is 5.92 Å². The van der Waals surface area contributed by atoms with Gasteiger partial charge < -0.3 is 5.32 Å². The SMILES string of the molecule is CCNC(C)c1cccnc1SCC1CCCC1. The summed E-state index contributed by atoms with van der Waals surface area (Å²) in [5.41, 5.74) is 1.35. The highest BCUT2D eigenvalue weighted by Crippen LogP contribution is 2.32. The van der Waals surface area contributed by atoms with Gasteiger partial charge in [0.15, 0.2) is 0 Å². The molecule has 1 aromatic rings. The Kier molecular flexibility index (Phi) is 5.51. The first-order valence-corrected chi connectivity index (χ1v) is 8.11. The molecule has 1 heterocycles. The van der Waals surface area contributed by atoms with Crippen LogP contribution in [0.2, 0.25) is 0 Å². The van der Waals surface area contributed by atoms with Gasteiger partial charge in [0.05, 0.1) is 0 Å². The van der Waals surface area contributed by atoms with Crippen LogP contribution >= 0.6 is 11.8 Å². The van der Waals surface area contributed by atoms with Crippen molar-refractivity contribution in [1.82, 2.24) is 10.3 Å². The van der Waals surface area contributed by atoms with Gasteiger partial charge in [-0.15, -0.1) is 11.8 Å². The van der Waals surface area contributed by atoms with Crippen LogP contribution in [0.15, 0.2) is 23.4 Å². The van der Waals surface area contributed by atoms with Crippen LogP contribution < -0.4 is 5.32 Å². The largest absolute Gasteiger partial charge is 0.310 e. The average Bonchev–Trinajstić information content (AvgIpc) is 2.90. The number of hydrogen-bond acceptors (Lipinski definition) is 3. The van der Waals surface area contributed by atoms with Crippen LogP contribution in [-0.4, -0.2) is 17.3 Å². The van der Waals surface area contributed by atoms with Crippen LogP contribution in [0.3, 0.4) is 0 Å². The van der Waals surface area contributed by atoms with Gasteiger partial charge in [-0.25, -0.2) is 4.98 Å². The highest BCUT2D eigenvalue weighted by atomic mass is 32.2. The Balaban J connectivity index is 1.97. The van der Waals surface area contributed by atoms with Crippen LogP contribution in [0.5, 0.6) is 0 Å². The van der Waals surface area contributed by atoms with E-state index in [4.69, 9.17) is 0 Å². The molecule has 1 aliphatic carbocycles. The van der Waals surface area contributed by atoms with Crippen molar-refractivity contribution in [2.24, 2.45) is 5.92 Å². The Hall–Kier alpha value is -0.540. The van der Waals surface area contributed by atoms with E-state index >= 15 is 0 Å². The highest BCUT2D eigenvalue weighted by Gasteiger charge is 2.17. The maximum Gasteiger partial charge on any atom is 0.101 e. The summed E-state index contributed by atoms with van der Waals surface area (Å²) in [6, 6.07) is 4.65. The summed E-state index contributed by atoms with van der Waals surface area (Å²) in [6.45, 7) is 5.38. The number of pyridine rings is 1. The molecule has 1 aliphatic rings. The number of rotatable bonds is 6. The molecule has 0 amide bonds. The van der Waals surface area contributed by atoms with E-state index in [-0.39, 0.29) is 0 Å². The summed E-state index contributed by atoms with van der Waals surface area (Å²) >= 11 is 1.95. The van der Waals surface area contributed by atoms with Gasteiger partial charge in [-0.1, -0.05) is 25.8 Å². The monoisotopic (exact) mass is 264 g/mol. The molecule has 100 valence electrons. The molecule has 0 bridgehead atoms. The van der Waals surface area contributed by atoms with Gasteiger partial charge >= 0.3 is 0 Å². The second-order valence-corrected chi connectivity index (χ2v) is 6.15. The minimum atomic E-state index is 0.398. The Morgan fingerprint density at radius 2 is 2.22 bits per heavy atom. The van der Waals surface area contributed by atoms with Crippen molar-refractivity contribution in [3.05, 3.63) is 23.9 Å². The van der Waals surface area contributed by atoms with Crippen LogP contribution in [0.25, 0.3) is 0 Å². The van der Waals surface area contributed by atoms with Crippen molar-refractivity contribution in [3.63, 3.8) is 0 Å². The Labute approximate surface area is 115 Å². The molecule has 1 unspecified atom stereocenters. The summed E-state index contributed by atoms with van der Waals surface area (Å²) in [5, 5.41) is 4.70. The van der Waals surface area contributed by atoms with Crippen molar-refractivity contribution >= 4 is 11.8 Å². The van der Waals surface area contributed by atoms with E-state index in [1.807, 2.05) is 24.0 Å². The molecule has 0 radical (unpaired) electrons. The Morgan fingerprint density at radius 3 is 2.94 bits per heavy atom. The molecule has 2 nitrogen and oxygen atoms in total. The second-order valence-electron chi connectivity index (χ2n) is 5.14. The standard InChI is InChI=1S/C15H24N2S/c1-3-16-12(2)14-9-6-10-17-15(14)18-11-13-7-4-5-8-13/h6,9-10,12-13,16H,3-5,7-8,11H2,1-2H3. The summed E-state index contributed by atoms with van der Waals surface area (Å²) in [5.74, 6) is 2.15. The maximum atomic E-state index is 4.57. The molecule has 1 fully saturated rings. The van der Waals surface area contributed by atoms with Crippen LogP contribution in [-0.2, 0) is 0 Å². The lowest BCUT2D eigenvalue weighted by Crippen LogP contribution is -2.18. The zero-order valence-electron chi connectivity index (χ0n) is 11.5. The molecule has 1 saturated carbocycles. The number of nitrogens with one attached hydrogen (secondary N) is 1. The second kappa shape index (κ2) is 7.15. The minimum absolute atomic E-state index is 0.398. The quantitative estimate of drug-likeness (QED) is 0.785.